The number of hydrogen-bond donors (Lipinski definition) is 2. The minimum Gasteiger partial charge on any atom is -0.506 e. The van der Waals surface area contributed by atoms with Crippen molar-refractivity contribution in [2.45, 2.75) is 6.54 Å². The summed E-state index contributed by atoms with van der Waals surface area (Å²) < 4.78 is 12.8. The van der Waals surface area contributed by atoms with Crippen LogP contribution in [-0.2, 0) is 6.54 Å². The minimum absolute atomic E-state index is 0.0260. The van der Waals surface area contributed by atoms with E-state index in [1.54, 1.807) is 30.3 Å². The van der Waals surface area contributed by atoms with E-state index in [2.05, 4.69) is 10.3 Å². The molecule has 1 heterocycles. The predicted molar refractivity (Wildman–Crippen MR) is 64.6 cm³/mol. The Kier molecular flexibility index (Phi) is 3.44. The molecule has 2 N–H and O–H groups in total. The van der Waals surface area contributed by atoms with Gasteiger partial charge in [0.1, 0.15) is 11.6 Å². The molecule has 0 saturated heterocycles. The molecular formula is C12H10ClFN2O. The zero-order valence-electron chi connectivity index (χ0n) is 8.82. The van der Waals surface area contributed by atoms with Crippen molar-refractivity contribution in [3.05, 3.63) is 52.9 Å². The van der Waals surface area contributed by atoms with Crippen LogP contribution in [0.25, 0.3) is 0 Å². The van der Waals surface area contributed by atoms with Crippen molar-refractivity contribution in [2.24, 2.45) is 0 Å². The van der Waals surface area contributed by atoms with Crippen LogP contribution in [-0.4, -0.2) is 10.1 Å². The molecule has 0 aliphatic rings. The lowest BCUT2D eigenvalue weighted by Crippen LogP contribution is -2.02. The Labute approximate surface area is 103 Å². The second kappa shape index (κ2) is 5.01. The van der Waals surface area contributed by atoms with Crippen molar-refractivity contribution in [1.29, 1.82) is 0 Å². The van der Waals surface area contributed by atoms with Gasteiger partial charge in [0, 0.05) is 12.1 Å². The second-order valence-corrected chi connectivity index (χ2v) is 3.85. The molecule has 3 nitrogen and oxygen atoms in total. The molecule has 0 fully saturated rings. The fourth-order valence-electron chi connectivity index (χ4n) is 1.40. The average Bonchev–Trinajstić information content (AvgIpc) is 2.31. The van der Waals surface area contributed by atoms with E-state index in [1.165, 1.54) is 6.07 Å². The van der Waals surface area contributed by atoms with Gasteiger partial charge in [0.25, 0.3) is 0 Å². The fourth-order valence-corrected chi connectivity index (χ4v) is 1.59. The van der Waals surface area contributed by atoms with Gasteiger partial charge < -0.3 is 10.4 Å². The summed E-state index contributed by atoms with van der Waals surface area (Å²) in [6.45, 7) is 0.322. The summed E-state index contributed by atoms with van der Waals surface area (Å²) in [4.78, 5) is 3.65. The topological polar surface area (TPSA) is 45.1 Å². The van der Waals surface area contributed by atoms with E-state index in [0.717, 1.165) is 0 Å². The maximum absolute atomic E-state index is 12.8. The smallest absolute Gasteiger partial charge is 0.214 e. The van der Waals surface area contributed by atoms with Gasteiger partial charge in [-0.1, -0.05) is 29.8 Å². The summed E-state index contributed by atoms with van der Waals surface area (Å²) in [6.07, 6.45) is 0. The van der Waals surface area contributed by atoms with Gasteiger partial charge in [0.15, 0.2) is 0 Å². The number of halogens is 2. The number of aromatic nitrogens is 1. The number of benzene rings is 1. The molecule has 88 valence electrons. The van der Waals surface area contributed by atoms with Crippen LogP contribution in [0.4, 0.5) is 10.2 Å². The Bertz CT molecular complexity index is 534. The van der Waals surface area contributed by atoms with Crippen LogP contribution in [0.2, 0.25) is 5.02 Å². The lowest BCUT2D eigenvalue weighted by Gasteiger charge is -2.08. The van der Waals surface area contributed by atoms with Crippen molar-refractivity contribution >= 4 is 17.4 Å². The molecule has 0 aliphatic carbocycles. The summed E-state index contributed by atoms with van der Waals surface area (Å²) in [6, 6.07) is 9.53. The number of phenolic OH excluding ortho intramolecular Hbond substituents is 1. The van der Waals surface area contributed by atoms with Crippen molar-refractivity contribution < 1.29 is 9.50 Å². The molecule has 0 aliphatic heterocycles. The number of hydrogen-bond acceptors (Lipinski definition) is 3. The summed E-state index contributed by atoms with van der Waals surface area (Å²) in [5.41, 5.74) is 0.628. The monoisotopic (exact) mass is 252 g/mol. The van der Waals surface area contributed by atoms with E-state index in [9.17, 15) is 9.50 Å². The Morgan fingerprint density at radius 2 is 2.00 bits per heavy atom. The van der Waals surface area contributed by atoms with Gasteiger partial charge in [-0.3, -0.25) is 0 Å². The number of para-hydroxylation sites is 1. The zero-order valence-corrected chi connectivity index (χ0v) is 9.58. The second-order valence-electron chi connectivity index (χ2n) is 3.45. The maximum atomic E-state index is 12.8. The van der Waals surface area contributed by atoms with Gasteiger partial charge in [-0.2, -0.15) is 4.39 Å². The number of phenols is 1. The number of aromatic hydroxyl groups is 1. The molecule has 1 aromatic heterocycles. The SMILES string of the molecule is Oc1c(Cl)cccc1CNc1cccc(F)n1. The number of rotatable bonds is 3. The molecule has 2 aromatic rings. The number of nitrogens with one attached hydrogen (secondary N) is 1. The van der Waals surface area contributed by atoms with Gasteiger partial charge in [-0.15, -0.1) is 0 Å². The average molecular weight is 253 g/mol. The van der Waals surface area contributed by atoms with E-state index < -0.39 is 5.95 Å². The van der Waals surface area contributed by atoms with E-state index in [1.807, 2.05) is 0 Å². The Morgan fingerprint density at radius 3 is 2.76 bits per heavy atom. The highest BCUT2D eigenvalue weighted by atomic mass is 35.5. The van der Waals surface area contributed by atoms with Crippen LogP contribution in [0.1, 0.15) is 5.56 Å². The molecule has 1 aromatic carbocycles. The third-order valence-electron chi connectivity index (χ3n) is 2.25. The molecule has 0 amide bonds. The lowest BCUT2D eigenvalue weighted by molar-refractivity contribution is 0.469. The normalized spacial score (nSPS) is 10.2. The third kappa shape index (κ3) is 2.85. The Morgan fingerprint density at radius 1 is 1.24 bits per heavy atom. The van der Waals surface area contributed by atoms with Crippen molar-refractivity contribution in [3.8, 4) is 5.75 Å². The van der Waals surface area contributed by atoms with Crippen LogP contribution in [0.5, 0.6) is 5.75 Å². The standard InChI is InChI=1S/C12H10ClFN2O/c13-9-4-1-3-8(12(9)17)7-15-11-6-2-5-10(14)16-11/h1-6,17H,7H2,(H,15,16). The first-order chi connectivity index (χ1) is 8.16. The van der Waals surface area contributed by atoms with Crippen molar-refractivity contribution in [2.75, 3.05) is 5.32 Å². The molecule has 0 unspecified atom stereocenters. The van der Waals surface area contributed by atoms with Gasteiger partial charge >= 0.3 is 0 Å². The summed E-state index contributed by atoms with van der Waals surface area (Å²) in [7, 11) is 0. The van der Waals surface area contributed by atoms with Crippen LogP contribution >= 0.6 is 11.6 Å². The highest BCUT2D eigenvalue weighted by Crippen LogP contribution is 2.27. The molecular weight excluding hydrogens is 243 g/mol. The molecule has 2 rings (SSSR count). The maximum Gasteiger partial charge on any atom is 0.214 e. The van der Waals surface area contributed by atoms with Crippen molar-refractivity contribution in [3.63, 3.8) is 0 Å². The molecule has 0 atom stereocenters. The van der Waals surface area contributed by atoms with Crippen LogP contribution in [0.15, 0.2) is 36.4 Å². The van der Waals surface area contributed by atoms with Crippen LogP contribution in [0, 0.1) is 5.95 Å². The molecule has 5 heteroatoms. The van der Waals surface area contributed by atoms with Crippen LogP contribution in [0.3, 0.4) is 0 Å². The summed E-state index contributed by atoms with van der Waals surface area (Å²) in [5, 5.41) is 12.9. The van der Waals surface area contributed by atoms with E-state index in [0.29, 0.717) is 17.9 Å². The minimum atomic E-state index is -0.551. The Hall–Kier alpha value is -1.81. The molecule has 0 spiro atoms. The third-order valence-corrected chi connectivity index (χ3v) is 2.55. The first-order valence-electron chi connectivity index (χ1n) is 4.99. The zero-order chi connectivity index (χ0) is 12.3. The lowest BCUT2D eigenvalue weighted by atomic mass is 10.2. The molecule has 0 saturated carbocycles. The summed E-state index contributed by atoms with van der Waals surface area (Å²) in [5.74, 6) is -0.118. The number of nitrogens with zero attached hydrogens (tertiary/aromatic N) is 1. The van der Waals surface area contributed by atoms with Gasteiger partial charge in [0.2, 0.25) is 5.95 Å². The largest absolute Gasteiger partial charge is 0.506 e. The quantitative estimate of drug-likeness (QED) is 0.825. The van der Waals surface area contributed by atoms with Gasteiger partial charge in [0.05, 0.1) is 5.02 Å². The van der Waals surface area contributed by atoms with E-state index >= 15 is 0 Å². The van der Waals surface area contributed by atoms with E-state index in [-0.39, 0.29) is 10.8 Å². The summed E-state index contributed by atoms with van der Waals surface area (Å²) >= 11 is 5.77. The fraction of sp³-hybridized carbons (Fsp3) is 0.0833. The first-order valence-corrected chi connectivity index (χ1v) is 5.37. The molecule has 0 bridgehead atoms. The number of anilines is 1. The molecule has 0 radical (unpaired) electrons. The molecule has 17 heavy (non-hydrogen) atoms. The van der Waals surface area contributed by atoms with E-state index in [4.69, 9.17) is 11.6 Å². The first kappa shape index (κ1) is 11.7. The Balaban J connectivity index is 2.10. The highest BCUT2D eigenvalue weighted by Gasteiger charge is 2.05. The van der Waals surface area contributed by atoms with Gasteiger partial charge in [-0.25, -0.2) is 4.98 Å². The highest BCUT2D eigenvalue weighted by molar-refractivity contribution is 6.32. The van der Waals surface area contributed by atoms with Crippen LogP contribution < -0.4 is 5.32 Å². The van der Waals surface area contributed by atoms with Crippen molar-refractivity contribution in [1.82, 2.24) is 4.98 Å². The van der Waals surface area contributed by atoms with Gasteiger partial charge in [-0.05, 0) is 18.2 Å². The predicted octanol–water partition coefficient (Wildman–Crippen LogP) is 3.19. The number of pyridine rings is 1.